The van der Waals surface area contributed by atoms with Crippen molar-refractivity contribution in [2.24, 2.45) is 0 Å². The number of rotatable bonds is 6. The van der Waals surface area contributed by atoms with Gasteiger partial charge in [-0.25, -0.2) is 13.4 Å². The third-order valence-corrected chi connectivity index (χ3v) is 7.88. The van der Waals surface area contributed by atoms with Crippen LogP contribution in [0.5, 0.6) is 0 Å². The van der Waals surface area contributed by atoms with Crippen LogP contribution >= 0.6 is 0 Å². The third kappa shape index (κ3) is 4.62. The van der Waals surface area contributed by atoms with Gasteiger partial charge < -0.3 is 15.0 Å². The zero-order valence-corrected chi connectivity index (χ0v) is 18.9. The van der Waals surface area contributed by atoms with Gasteiger partial charge in [-0.1, -0.05) is 36.4 Å². The van der Waals surface area contributed by atoms with E-state index in [0.717, 1.165) is 36.8 Å². The number of hydrogen-bond donors (Lipinski definition) is 2. The summed E-state index contributed by atoms with van der Waals surface area (Å²) in [5.41, 5.74) is 1.53. The molecule has 0 spiro atoms. The highest BCUT2D eigenvalue weighted by Gasteiger charge is 2.21. The zero-order chi connectivity index (χ0) is 22.8. The number of benzene rings is 2. The van der Waals surface area contributed by atoms with Gasteiger partial charge in [0.2, 0.25) is 5.95 Å². The maximum atomic E-state index is 13.2. The monoisotopic (exact) mass is 462 g/mol. The van der Waals surface area contributed by atoms with Gasteiger partial charge in [-0.3, -0.25) is 0 Å². The van der Waals surface area contributed by atoms with Gasteiger partial charge in [-0.05, 0) is 55.5 Å². The summed E-state index contributed by atoms with van der Waals surface area (Å²) in [6.45, 7) is 0. The van der Waals surface area contributed by atoms with Crippen LogP contribution in [0.25, 0.3) is 16.7 Å². The molecule has 0 amide bonds. The number of sulfone groups is 1. The Hall–Kier alpha value is -3.23. The number of nitrogens with one attached hydrogen (secondary N) is 1. The summed E-state index contributed by atoms with van der Waals surface area (Å²) in [6, 6.07) is 18.4. The molecule has 0 radical (unpaired) electrons. The van der Waals surface area contributed by atoms with Gasteiger partial charge in [-0.15, -0.1) is 0 Å². The van der Waals surface area contributed by atoms with Crippen molar-refractivity contribution in [2.75, 3.05) is 5.32 Å². The minimum absolute atomic E-state index is 0.0458. The second-order valence-corrected chi connectivity index (χ2v) is 10.5. The lowest BCUT2D eigenvalue weighted by Crippen LogP contribution is -2.29. The molecule has 33 heavy (non-hydrogen) atoms. The van der Waals surface area contributed by atoms with Gasteiger partial charge in [-0.2, -0.15) is 4.98 Å². The minimum atomic E-state index is -3.52. The molecule has 0 aliphatic heterocycles. The van der Waals surface area contributed by atoms with Crippen molar-refractivity contribution in [1.29, 1.82) is 0 Å². The second kappa shape index (κ2) is 8.96. The quantitative estimate of drug-likeness (QED) is 0.448. The number of anilines is 1. The fraction of sp³-hybridized carbons (Fsp3) is 0.280. The molecule has 2 aromatic heterocycles. The fourth-order valence-corrected chi connectivity index (χ4v) is 6.02. The van der Waals surface area contributed by atoms with E-state index in [4.69, 9.17) is 0 Å². The molecular formula is C25H26N4O3S. The van der Waals surface area contributed by atoms with Crippen molar-refractivity contribution in [3.8, 4) is 5.82 Å². The molecule has 0 saturated heterocycles. The van der Waals surface area contributed by atoms with E-state index in [9.17, 15) is 13.5 Å². The van der Waals surface area contributed by atoms with Crippen molar-refractivity contribution in [3.05, 3.63) is 78.6 Å². The molecular weight excluding hydrogens is 436 g/mol. The van der Waals surface area contributed by atoms with E-state index in [1.54, 1.807) is 24.4 Å². The number of aliphatic hydroxyl groups is 1. The molecule has 1 fully saturated rings. The first kappa shape index (κ1) is 21.6. The fourth-order valence-electron chi connectivity index (χ4n) is 4.44. The van der Waals surface area contributed by atoms with Crippen molar-refractivity contribution < 1.29 is 13.5 Å². The molecule has 2 aromatic carbocycles. The van der Waals surface area contributed by atoms with Gasteiger partial charge in [0.15, 0.2) is 9.84 Å². The first-order chi connectivity index (χ1) is 16.0. The third-order valence-electron chi connectivity index (χ3n) is 6.15. The Bertz CT molecular complexity index is 1360. The van der Waals surface area contributed by atoms with Crippen LogP contribution in [0, 0.1) is 0 Å². The lowest BCUT2D eigenvalue weighted by Gasteiger charge is -2.26. The van der Waals surface area contributed by atoms with E-state index in [2.05, 4.69) is 15.3 Å². The summed E-state index contributed by atoms with van der Waals surface area (Å²) in [5.74, 6) is 1.15. The normalized spacial score (nSPS) is 18.9. The summed E-state index contributed by atoms with van der Waals surface area (Å²) in [6.07, 6.45) is 6.64. The first-order valence-corrected chi connectivity index (χ1v) is 12.8. The Balaban J connectivity index is 1.45. The summed E-state index contributed by atoms with van der Waals surface area (Å²) in [4.78, 5) is 9.33. The zero-order valence-electron chi connectivity index (χ0n) is 18.1. The number of nitrogens with zero attached hydrogens (tertiary/aromatic N) is 3. The highest BCUT2D eigenvalue weighted by molar-refractivity contribution is 7.90. The van der Waals surface area contributed by atoms with Crippen LogP contribution in [0.2, 0.25) is 0 Å². The van der Waals surface area contributed by atoms with Crippen LogP contribution in [-0.2, 0) is 15.6 Å². The largest absolute Gasteiger partial charge is 0.393 e. The number of aliphatic hydroxyl groups excluding tert-OH is 1. The Labute approximate surface area is 193 Å². The highest BCUT2D eigenvalue weighted by atomic mass is 32.2. The van der Waals surface area contributed by atoms with E-state index >= 15 is 0 Å². The van der Waals surface area contributed by atoms with Gasteiger partial charge in [0.05, 0.1) is 22.3 Å². The Morgan fingerprint density at radius 2 is 1.76 bits per heavy atom. The van der Waals surface area contributed by atoms with Gasteiger partial charge in [0, 0.05) is 23.8 Å². The Morgan fingerprint density at radius 3 is 2.55 bits per heavy atom. The second-order valence-electron chi connectivity index (χ2n) is 8.51. The van der Waals surface area contributed by atoms with Crippen LogP contribution in [-0.4, -0.2) is 40.2 Å². The molecule has 0 bridgehead atoms. The summed E-state index contributed by atoms with van der Waals surface area (Å²) in [7, 11) is -3.52. The molecule has 1 saturated carbocycles. The van der Waals surface area contributed by atoms with Crippen molar-refractivity contribution >= 4 is 26.7 Å². The molecule has 5 rings (SSSR count). The van der Waals surface area contributed by atoms with Crippen LogP contribution < -0.4 is 5.32 Å². The van der Waals surface area contributed by atoms with Crippen LogP contribution in [0.3, 0.4) is 0 Å². The molecule has 8 heteroatoms. The van der Waals surface area contributed by atoms with E-state index in [0.29, 0.717) is 22.0 Å². The summed E-state index contributed by atoms with van der Waals surface area (Å²) < 4.78 is 28.3. The predicted octanol–water partition coefficient (Wildman–Crippen LogP) is 4.11. The van der Waals surface area contributed by atoms with Gasteiger partial charge in [0.1, 0.15) is 5.82 Å². The van der Waals surface area contributed by atoms with Crippen LogP contribution in [0.4, 0.5) is 5.95 Å². The molecule has 7 nitrogen and oxygen atoms in total. The topological polar surface area (TPSA) is 97.1 Å². The molecule has 0 unspecified atom stereocenters. The number of aromatic nitrogens is 3. The van der Waals surface area contributed by atoms with Crippen molar-refractivity contribution in [3.63, 3.8) is 0 Å². The molecule has 1 aliphatic carbocycles. The smallest absolute Gasteiger partial charge is 0.224 e. The average Bonchev–Trinajstić information content (AvgIpc) is 3.25. The van der Waals surface area contributed by atoms with Crippen LogP contribution in [0.1, 0.15) is 31.2 Å². The van der Waals surface area contributed by atoms with Gasteiger partial charge >= 0.3 is 0 Å². The number of fused-ring (bicyclic) bond motifs is 1. The first-order valence-electron chi connectivity index (χ1n) is 11.1. The lowest BCUT2D eigenvalue weighted by atomic mass is 9.93. The number of hydrogen-bond acceptors (Lipinski definition) is 6. The summed E-state index contributed by atoms with van der Waals surface area (Å²) >= 11 is 0. The van der Waals surface area contributed by atoms with E-state index < -0.39 is 9.84 Å². The molecule has 2 heterocycles. The molecule has 170 valence electrons. The molecule has 0 atom stereocenters. The standard InChI is InChI=1S/C25H26N4O3S/c30-20-11-9-19(10-12-20)27-25-26-15-13-24(28-25)29-16-14-21-22(29)7-4-8-23(21)33(31,32)17-18-5-2-1-3-6-18/h1-8,13-16,19-20,30H,9-12,17H2,(H,26,27,28)/t19-,20-. The maximum absolute atomic E-state index is 13.2. The van der Waals surface area contributed by atoms with E-state index in [1.807, 2.05) is 53.2 Å². The average molecular weight is 463 g/mol. The molecule has 2 N–H and O–H groups in total. The van der Waals surface area contributed by atoms with Crippen molar-refractivity contribution in [1.82, 2.24) is 14.5 Å². The van der Waals surface area contributed by atoms with Crippen molar-refractivity contribution in [2.45, 2.75) is 48.5 Å². The van der Waals surface area contributed by atoms with Gasteiger partial charge in [0.25, 0.3) is 0 Å². The highest BCUT2D eigenvalue weighted by Crippen LogP contribution is 2.29. The minimum Gasteiger partial charge on any atom is -0.393 e. The van der Waals surface area contributed by atoms with E-state index in [-0.39, 0.29) is 17.9 Å². The predicted molar refractivity (Wildman–Crippen MR) is 128 cm³/mol. The Morgan fingerprint density at radius 1 is 0.970 bits per heavy atom. The van der Waals surface area contributed by atoms with Crippen LogP contribution in [0.15, 0.2) is 78.0 Å². The lowest BCUT2D eigenvalue weighted by molar-refractivity contribution is 0.126. The Kier molecular flexibility index (Phi) is 5.86. The SMILES string of the molecule is O=S(=O)(Cc1ccccc1)c1cccc2c1ccn2-c1ccnc(N[C@H]2CC[C@H](O)CC2)n1. The molecule has 1 aliphatic rings. The van der Waals surface area contributed by atoms with E-state index in [1.165, 1.54) is 0 Å². The molecule has 4 aromatic rings. The maximum Gasteiger partial charge on any atom is 0.224 e. The summed E-state index contributed by atoms with van der Waals surface area (Å²) in [5, 5.41) is 13.8.